The summed E-state index contributed by atoms with van der Waals surface area (Å²) >= 11 is 0. The van der Waals surface area contributed by atoms with Gasteiger partial charge in [0.25, 0.3) is 0 Å². The van der Waals surface area contributed by atoms with Crippen molar-refractivity contribution in [3.63, 3.8) is 0 Å². The van der Waals surface area contributed by atoms with E-state index < -0.39 is 5.41 Å². The lowest BCUT2D eigenvalue weighted by atomic mass is 9.71. The number of carbonyl (C=O) groups is 1. The molecule has 1 aliphatic heterocycles. The Bertz CT molecular complexity index is 712. The quantitative estimate of drug-likeness (QED) is 0.817. The van der Waals surface area contributed by atoms with Crippen molar-refractivity contribution in [1.82, 2.24) is 4.98 Å². The number of aromatic nitrogens is 1. The molecule has 0 amide bonds. The highest BCUT2D eigenvalue weighted by Crippen LogP contribution is 2.62. The van der Waals surface area contributed by atoms with E-state index in [9.17, 15) is 4.79 Å². The molecule has 118 valence electrons. The van der Waals surface area contributed by atoms with Gasteiger partial charge in [0.05, 0.1) is 12.7 Å². The van der Waals surface area contributed by atoms with E-state index in [0.717, 1.165) is 24.0 Å². The van der Waals surface area contributed by atoms with Gasteiger partial charge >= 0.3 is 5.97 Å². The topological polar surface area (TPSA) is 48.4 Å². The lowest BCUT2D eigenvalue weighted by molar-refractivity contribution is -0.150. The van der Waals surface area contributed by atoms with Crippen molar-refractivity contribution < 1.29 is 14.3 Å². The maximum atomic E-state index is 12.9. The van der Waals surface area contributed by atoms with Crippen molar-refractivity contribution in [2.75, 3.05) is 7.11 Å². The average molecular weight is 309 g/mol. The molecule has 1 saturated heterocycles. The normalized spacial score (nSPS) is 27.8. The van der Waals surface area contributed by atoms with Crippen LogP contribution in [0.15, 0.2) is 54.9 Å². The van der Waals surface area contributed by atoms with E-state index in [1.807, 2.05) is 42.5 Å². The zero-order chi connectivity index (χ0) is 15.9. The highest BCUT2D eigenvalue weighted by molar-refractivity contribution is 5.85. The SMILES string of the molecule is COC(=O)[C@@]1(c2ccccc2)CC2(CC2)O[C@H]1c1cccnc1. The molecule has 1 saturated carbocycles. The molecule has 0 N–H and O–H groups in total. The fourth-order valence-corrected chi connectivity index (χ4v) is 3.78. The monoisotopic (exact) mass is 309 g/mol. The molecule has 1 aliphatic carbocycles. The van der Waals surface area contributed by atoms with Crippen LogP contribution in [-0.4, -0.2) is 23.7 Å². The Hall–Kier alpha value is -2.20. The van der Waals surface area contributed by atoms with Crippen LogP contribution in [0.5, 0.6) is 0 Å². The summed E-state index contributed by atoms with van der Waals surface area (Å²) in [7, 11) is 1.45. The smallest absolute Gasteiger partial charge is 0.319 e. The van der Waals surface area contributed by atoms with Gasteiger partial charge in [-0.3, -0.25) is 9.78 Å². The molecule has 0 radical (unpaired) electrons. The summed E-state index contributed by atoms with van der Waals surface area (Å²) in [6.45, 7) is 0. The number of carbonyl (C=O) groups excluding carboxylic acids is 1. The van der Waals surface area contributed by atoms with Crippen molar-refractivity contribution in [2.45, 2.75) is 36.4 Å². The minimum Gasteiger partial charge on any atom is -0.468 e. The van der Waals surface area contributed by atoms with E-state index in [4.69, 9.17) is 9.47 Å². The van der Waals surface area contributed by atoms with Gasteiger partial charge in [-0.2, -0.15) is 0 Å². The Kier molecular flexibility index (Phi) is 3.23. The highest BCUT2D eigenvalue weighted by Gasteiger charge is 2.66. The van der Waals surface area contributed by atoms with Crippen LogP contribution in [0, 0.1) is 0 Å². The van der Waals surface area contributed by atoms with Gasteiger partial charge in [0.1, 0.15) is 11.5 Å². The van der Waals surface area contributed by atoms with E-state index in [-0.39, 0.29) is 17.7 Å². The first-order chi connectivity index (χ1) is 11.2. The molecule has 2 aliphatic rings. The average Bonchev–Trinajstić information content (AvgIpc) is 3.27. The third kappa shape index (κ3) is 2.17. The molecule has 4 nitrogen and oxygen atoms in total. The summed E-state index contributed by atoms with van der Waals surface area (Å²) < 4.78 is 11.6. The predicted octanol–water partition coefficient (Wildman–Crippen LogP) is 3.19. The standard InChI is InChI=1S/C19H19NO3/c1-22-17(21)19(15-7-3-2-4-8-15)13-18(9-10-18)23-16(19)14-6-5-11-20-12-14/h2-8,11-12,16H,9-10,13H2,1H3/t16-,19+/m0/s1. The second-order valence-corrected chi connectivity index (χ2v) is 6.47. The molecule has 1 aromatic carbocycles. The zero-order valence-corrected chi connectivity index (χ0v) is 13.1. The summed E-state index contributed by atoms with van der Waals surface area (Å²) in [6.07, 6.45) is 5.80. The molecule has 2 aromatic rings. The fourth-order valence-electron chi connectivity index (χ4n) is 3.78. The van der Waals surface area contributed by atoms with Crippen LogP contribution < -0.4 is 0 Å². The molecular weight excluding hydrogens is 290 g/mol. The summed E-state index contributed by atoms with van der Waals surface area (Å²) in [5.41, 5.74) is 0.870. The number of ether oxygens (including phenoxy) is 2. The zero-order valence-electron chi connectivity index (χ0n) is 13.1. The second-order valence-electron chi connectivity index (χ2n) is 6.47. The molecule has 0 bridgehead atoms. The van der Waals surface area contributed by atoms with Crippen molar-refractivity contribution in [3.05, 3.63) is 66.0 Å². The lowest BCUT2D eigenvalue weighted by Gasteiger charge is -2.31. The van der Waals surface area contributed by atoms with E-state index in [1.165, 1.54) is 7.11 Å². The third-order valence-corrected chi connectivity index (χ3v) is 5.05. The first-order valence-corrected chi connectivity index (χ1v) is 7.92. The number of methoxy groups -OCH3 is 1. The van der Waals surface area contributed by atoms with Crippen molar-refractivity contribution >= 4 is 5.97 Å². The maximum absolute atomic E-state index is 12.9. The Morgan fingerprint density at radius 3 is 2.61 bits per heavy atom. The molecule has 0 unspecified atom stereocenters. The molecule has 4 heteroatoms. The van der Waals surface area contributed by atoms with Crippen LogP contribution in [-0.2, 0) is 19.7 Å². The lowest BCUT2D eigenvalue weighted by Crippen LogP contribution is -2.40. The number of hydrogen-bond donors (Lipinski definition) is 0. The van der Waals surface area contributed by atoms with Crippen LogP contribution in [0.25, 0.3) is 0 Å². The van der Waals surface area contributed by atoms with Crippen molar-refractivity contribution in [2.24, 2.45) is 0 Å². The number of hydrogen-bond acceptors (Lipinski definition) is 4. The molecular formula is C19H19NO3. The summed E-state index contributed by atoms with van der Waals surface area (Å²) in [5.74, 6) is -0.235. The largest absolute Gasteiger partial charge is 0.468 e. The highest BCUT2D eigenvalue weighted by atomic mass is 16.5. The number of pyridine rings is 1. The minimum absolute atomic E-state index is 0.190. The summed E-state index contributed by atoms with van der Waals surface area (Å²) in [5, 5.41) is 0. The van der Waals surface area contributed by atoms with Gasteiger partial charge in [0.2, 0.25) is 0 Å². The number of esters is 1. The van der Waals surface area contributed by atoms with Crippen molar-refractivity contribution in [1.29, 1.82) is 0 Å². The van der Waals surface area contributed by atoms with E-state index in [2.05, 4.69) is 4.98 Å². The number of benzene rings is 1. The third-order valence-electron chi connectivity index (χ3n) is 5.05. The number of nitrogens with zero attached hydrogens (tertiary/aromatic N) is 1. The van der Waals surface area contributed by atoms with E-state index >= 15 is 0 Å². The number of rotatable bonds is 3. The van der Waals surface area contributed by atoms with Gasteiger partial charge in [0, 0.05) is 18.0 Å². The van der Waals surface area contributed by atoms with Crippen LogP contribution in [0.2, 0.25) is 0 Å². The minimum atomic E-state index is -0.810. The maximum Gasteiger partial charge on any atom is 0.319 e. The molecule has 2 fully saturated rings. The molecule has 1 aromatic heterocycles. The van der Waals surface area contributed by atoms with Gasteiger partial charge < -0.3 is 9.47 Å². The van der Waals surface area contributed by atoms with Gasteiger partial charge in [-0.05, 0) is 30.9 Å². The van der Waals surface area contributed by atoms with Gasteiger partial charge in [-0.1, -0.05) is 36.4 Å². The molecule has 4 rings (SSSR count). The van der Waals surface area contributed by atoms with Crippen LogP contribution in [0.1, 0.15) is 36.5 Å². The van der Waals surface area contributed by atoms with Gasteiger partial charge in [-0.15, -0.1) is 0 Å². The summed E-state index contributed by atoms with van der Waals surface area (Å²) in [6, 6.07) is 13.7. The second kappa shape index (κ2) is 5.17. The van der Waals surface area contributed by atoms with Crippen LogP contribution in [0.4, 0.5) is 0 Å². The van der Waals surface area contributed by atoms with Crippen molar-refractivity contribution in [3.8, 4) is 0 Å². The fraction of sp³-hybridized carbons (Fsp3) is 0.368. The molecule has 2 atom stereocenters. The molecule has 2 heterocycles. The predicted molar refractivity (Wildman–Crippen MR) is 84.8 cm³/mol. The van der Waals surface area contributed by atoms with Gasteiger partial charge in [-0.25, -0.2) is 0 Å². The Morgan fingerprint density at radius 2 is 2.00 bits per heavy atom. The molecule has 1 spiro atoms. The van der Waals surface area contributed by atoms with E-state index in [1.54, 1.807) is 12.4 Å². The first kappa shape index (κ1) is 14.4. The molecule has 23 heavy (non-hydrogen) atoms. The van der Waals surface area contributed by atoms with Crippen LogP contribution >= 0.6 is 0 Å². The van der Waals surface area contributed by atoms with Crippen LogP contribution in [0.3, 0.4) is 0 Å². The first-order valence-electron chi connectivity index (χ1n) is 7.92. The Morgan fingerprint density at radius 1 is 1.22 bits per heavy atom. The Balaban J connectivity index is 1.89. The Labute approximate surface area is 135 Å². The van der Waals surface area contributed by atoms with Gasteiger partial charge in [0.15, 0.2) is 0 Å². The van der Waals surface area contributed by atoms with E-state index in [0.29, 0.717) is 6.42 Å². The summed E-state index contributed by atoms with van der Waals surface area (Å²) in [4.78, 5) is 17.1.